The first-order chi connectivity index (χ1) is 7.74. The average molecular weight is 238 g/mol. The average Bonchev–Trinajstić information content (AvgIpc) is 2.82. The van der Waals surface area contributed by atoms with E-state index >= 15 is 0 Å². The Morgan fingerprint density at radius 3 is 2.94 bits per heavy atom. The summed E-state index contributed by atoms with van der Waals surface area (Å²) in [4.78, 5) is 12.1. The summed E-state index contributed by atoms with van der Waals surface area (Å²) in [6.45, 7) is 0. The highest BCUT2D eigenvalue weighted by Crippen LogP contribution is 2.22. The van der Waals surface area contributed by atoms with Crippen LogP contribution in [0.3, 0.4) is 0 Å². The van der Waals surface area contributed by atoms with E-state index in [2.05, 4.69) is 9.59 Å². The standard InChI is InChI=1S/C10H7FN2O2S/c1-15-7-4-2-3-6(9(7)11)10(14)8-5-12-13-16-8/h2-5H,1H3. The molecule has 0 atom stereocenters. The molecule has 4 nitrogen and oxygen atoms in total. The summed E-state index contributed by atoms with van der Waals surface area (Å²) < 4.78 is 22.1. The maximum atomic E-state index is 13.7. The summed E-state index contributed by atoms with van der Waals surface area (Å²) in [5, 5.41) is 3.53. The van der Waals surface area contributed by atoms with Crippen molar-refractivity contribution in [2.24, 2.45) is 0 Å². The molecule has 1 aromatic heterocycles. The number of ketones is 1. The molecule has 0 fully saturated rings. The Morgan fingerprint density at radius 1 is 1.50 bits per heavy atom. The molecule has 1 heterocycles. The zero-order valence-corrected chi connectivity index (χ0v) is 9.12. The highest BCUT2D eigenvalue weighted by molar-refractivity contribution is 7.08. The molecule has 6 heteroatoms. The highest BCUT2D eigenvalue weighted by Gasteiger charge is 2.18. The van der Waals surface area contributed by atoms with Gasteiger partial charge in [-0.3, -0.25) is 4.79 Å². The lowest BCUT2D eigenvalue weighted by Crippen LogP contribution is -2.03. The fourth-order valence-electron chi connectivity index (χ4n) is 1.24. The van der Waals surface area contributed by atoms with Gasteiger partial charge >= 0.3 is 0 Å². The number of rotatable bonds is 3. The molecule has 2 rings (SSSR count). The van der Waals surface area contributed by atoms with Crippen LogP contribution in [-0.4, -0.2) is 22.5 Å². The lowest BCUT2D eigenvalue weighted by Gasteiger charge is -2.04. The van der Waals surface area contributed by atoms with Crippen LogP contribution in [0.2, 0.25) is 0 Å². The first kappa shape index (κ1) is 10.7. The van der Waals surface area contributed by atoms with Crippen molar-refractivity contribution in [2.75, 3.05) is 7.11 Å². The highest BCUT2D eigenvalue weighted by atomic mass is 32.1. The van der Waals surface area contributed by atoms with Crippen LogP contribution in [0, 0.1) is 5.82 Å². The molecule has 0 radical (unpaired) electrons. The van der Waals surface area contributed by atoms with Crippen LogP contribution in [-0.2, 0) is 0 Å². The number of hydrogen-bond acceptors (Lipinski definition) is 5. The second-order valence-electron chi connectivity index (χ2n) is 2.93. The molecular formula is C10H7FN2O2S. The van der Waals surface area contributed by atoms with Gasteiger partial charge in [-0.05, 0) is 23.7 Å². The summed E-state index contributed by atoms with van der Waals surface area (Å²) in [7, 11) is 1.35. The maximum absolute atomic E-state index is 13.7. The van der Waals surface area contributed by atoms with Crippen molar-refractivity contribution in [3.8, 4) is 5.75 Å². The van der Waals surface area contributed by atoms with E-state index in [0.29, 0.717) is 4.88 Å². The third-order valence-corrected chi connectivity index (χ3v) is 2.68. The minimum atomic E-state index is -0.664. The van der Waals surface area contributed by atoms with Crippen LogP contribution in [0.15, 0.2) is 24.4 Å². The van der Waals surface area contributed by atoms with Gasteiger partial charge < -0.3 is 4.74 Å². The van der Waals surface area contributed by atoms with Crippen LogP contribution in [0.4, 0.5) is 4.39 Å². The van der Waals surface area contributed by atoms with Crippen LogP contribution in [0.5, 0.6) is 5.75 Å². The first-order valence-corrected chi connectivity index (χ1v) is 5.16. The van der Waals surface area contributed by atoms with E-state index in [9.17, 15) is 9.18 Å². The molecule has 0 aliphatic carbocycles. The van der Waals surface area contributed by atoms with Crippen LogP contribution < -0.4 is 4.74 Å². The monoisotopic (exact) mass is 238 g/mol. The molecule has 0 saturated heterocycles. The van der Waals surface area contributed by atoms with Crippen molar-refractivity contribution in [3.05, 3.63) is 40.7 Å². The zero-order valence-electron chi connectivity index (χ0n) is 8.31. The molecule has 0 N–H and O–H groups in total. The van der Waals surface area contributed by atoms with Crippen molar-refractivity contribution < 1.29 is 13.9 Å². The van der Waals surface area contributed by atoms with E-state index < -0.39 is 11.6 Å². The predicted octanol–water partition coefficient (Wildman–Crippen LogP) is 1.92. The van der Waals surface area contributed by atoms with E-state index in [1.54, 1.807) is 6.07 Å². The fraction of sp³-hybridized carbons (Fsp3) is 0.100. The second-order valence-corrected chi connectivity index (χ2v) is 3.72. The van der Waals surface area contributed by atoms with Gasteiger partial charge in [0, 0.05) is 0 Å². The normalized spacial score (nSPS) is 10.1. The Balaban J connectivity index is 2.45. The molecule has 0 bridgehead atoms. The topological polar surface area (TPSA) is 52.1 Å². The summed E-state index contributed by atoms with van der Waals surface area (Å²) in [6.07, 6.45) is 1.31. The minimum Gasteiger partial charge on any atom is -0.494 e. The third-order valence-electron chi connectivity index (χ3n) is 2.01. The summed E-state index contributed by atoms with van der Waals surface area (Å²) in [6, 6.07) is 4.42. The molecule has 1 aromatic carbocycles. The molecule has 0 saturated carbocycles. The number of methoxy groups -OCH3 is 1. The van der Waals surface area contributed by atoms with Gasteiger partial charge in [0.15, 0.2) is 11.6 Å². The molecule has 16 heavy (non-hydrogen) atoms. The summed E-state index contributed by atoms with van der Waals surface area (Å²) in [5.41, 5.74) is -0.0367. The zero-order chi connectivity index (χ0) is 11.5. The van der Waals surface area contributed by atoms with E-state index in [0.717, 1.165) is 11.5 Å². The number of carbonyl (C=O) groups excluding carboxylic acids is 1. The molecule has 82 valence electrons. The first-order valence-electron chi connectivity index (χ1n) is 4.38. The van der Waals surface area contributed by atoms with Gasteiger partial charge in [-0.25, -0.2) is 4.39 Å². The maximum Gasteiger partial charge on any atom is 0.209 e. The lowest BCUT2D eigenvalue weighted by atomic mass is 10.1. The summed E-state index contributed by atoms with van der Waals surface area (Å²) >= 11 is 0.930. The van der Waals surface area contributed by atoms with Crippen LogP contribution >= 0.6 is 11.5 Å². The van der Waals surface area contributed by atoms with E-state index in [1.165, 1.54) is 25.4 Å². The predicted molar refractivity (Wildman–Crippen MR) is 56.3 cm³/mol. The fourth-order valence-corrected chi connectivity index (χ4v) is 1.71. The van der Waals surface area contributed by atoms with E-state index in [4.69, 9.17) is 4.74 Å². The molecule has 2 aromatic rings. The number of carbonyl (C=O) groups is 1. The van der Waals surface area contributed by atoms with Gasteiger partial charge in [0.05, 0.1) is 18.9 Å². The molecule has 0 amide bonds. The number of aromatic nitrogens is 2. The Hall–Kier alpha value is -1.82. The SMILES string of the molecule is COc1cccc(C(=O)c2cnns2)c1F. The van der Waals surface area contributed by atoms with Gasteiger partial charge in [0.25, 0.3) is 0 Å². The van der Waals surface area contributed by atoms with Crippen LogP contribution in [0.1, 0.15) is 15.2 Å². The Labute approximate surface area is 94.8 Å². The van der Waals surface area contributed by atoms with Crippen molar-refractivity contribution in [2.45, 2.75) is 0 Å². The largest absolute Gasteiger partial charge is 0.494 e. The molecule has 0 aliphatic rings. The van der Waals surface area contributed by atoms with Gasteiger partial charge in [-0.15, -0.1) is 5.10 Å². The number of benzene rings is 1. The van der Waals surface area contributed by atoms with Gasteiger partial charge in [-0.1, -0.05) is 10.6 Å². The number of ether oxygens (including phenoxy) is 1. The van der Waals surface area contributed by atoms with Gasteiger partial charge in [0.1, 0.15) is 4.88 Å². The third kappa shape index (κ3) is 1.79. The Morgan fingerprint density at radius 2 is 2.31 bits per heavy atom. The lowest BCUT2D eigenvalue weighted by molar-refractivity contribution is 0.103. The van der Waals surface area contributed by atoms with E-state index in [1.807, 2.05) is 0 Å². The summed E-state index contributed by atoms with van der Waals surface area (Å²) in [5.74, 6) is -1.06. The van der Waals surface area contributed by atoms with Crippen molar-refractivity contribution in [1.29, 1.82) is 0 Å². The quantitative estimate of drug-likeness (QED) is 0.766. The van der Waals surface area contributed by atoms with Gasteiger partial charge in [-0.2, -0.15) is 0 Å². The molecule has 0 spiro atoms. The number of hydrogen-bond donors (Lipinski definition) is 0. The number of halogens is 1. The van der Waals surface area contributed by atoms with Gasteiger partial charge in [0.2, 0.25) is 5.78 Å². The van der Waals surface area contributed by atoms with Crippen molar-refractivity contribution in [1.82, 2.24) is 9.59 Å². The molecule has 0 aliphatic heterocycles. The second kappa shape index (κ2) is 4.36. The van der Waals surface area contributed by atoms with Crippen molar-refractivity contribution in [3.63, 3.8) is 0 Å². The van der Waals surface area contributed by atoms with E-state index in [-0.39, 0.29) is 11.3 Å². The Kier molecular flexibility index (Phi) is 2.91. The molecule has 0 unspecified atom stereocenters. The Bertz CT molecular complexity index is 514. The molecular weight excluding hydrogens is 231 g/mol. The minimum absolute atomic E-state index is 0.0367. The smallest absolute Gasteiger partial charge is 0.209 e. The van der Waals surface area contributed by atoms with Crippen molar-refractivity contribution >= 4 is 17.3 Å². The number of nitrogens with zero attached hydrogens (tertiary/aromatic N) is 2. The van der Waals surface area contributed by atoms with Crippen LogP contribution in [0.25, 0.3) is 0 Å².